The summed E-state index contributed by atoms with van der Waals surface area (Å²) in [6, 6.07) is 3.32. The number of hydrogen-bond acceptors (Lipinski definition) is 4. The summed E-state index contributed by atoms with van der Waals surface area (Å²) in [6.45, 7) is 3.93. The Morgan fingerprint density at radius 2 is 2.05 bits per heavy atom. The van der Waals surface area contributed by atoms with Gasteiger partial charge in [0.25, 0.3) is 5.91 Å². The lowest BCUT2D eigenvalue weighted by Gasteiger charge is -2.14. The van der Waals surface area contributed by atoms with Gasteiger partial charge in [0, 0.05) is 20.0 Å². The molecule has 20 heavy (non-hydrogen) atoms. The van der Waals surface area contributed by atoms with Crippen LogP contribution in [0.3, 0.4) is 0 Å². The molecule has 2 amide bonds. The van der Waals surface area contributed by atoms with Crippen LogP contribution in [-0.2, 0) is 9.59 Å². The molecule has 6 nitrogen and oxygen atoms in total. The van der Waals surface area contributed by atoms with Crippen molar-refractivity contribution in [2.75, 3.05) is 18.4 Å². The molecule has 7 heteroatoms. The topological polar surface area (TPSA) is 86.7 Å². The number of amides is 2. The van der Waals surface area contributed by atoms with Gasteiger partial charge in [-0.05, 0) is 18.1 Å². The van der Waals surface area contributed by atoms with Gasteiger partial charge >= 0.3 is 5.97 Å². The van der Waals surface area contributed by atoms with Crippen LogP contribution in [-0.4, -0.2) is 40.9 Å². The zero-order valence-corrected chi connectivity index (χ0v) is 12.1. The Hall–Kier alpha value is -1.89. The summed E-state index contributed by atoms with van der Waals surface area (Å²) in [5.74, 6) is -1.79. The monoisotopic (exact) mass is 296 g/mol. The fourth-order valence-corrected chi connectivity index (χ4v) is 3.22. The normalized spacial score (nSPS) is 21.8. The number of nitrogens with one attached hydrogen (secondary N) is 1. The average molecular weight is 296 g/mol. The van der Waals surface area contributed by atoms with Gasteiger partial charge in [-0.3, -0.25) is 14.4 Å². The lowest BCUT2D eigenvalue weighted by Crippen LogP contribution is -2.29. The van der Waals surface area contributed by atoms with Gasteiger partial charge in [-0.2, -0.15) is 0 Å². The average Bonchev–Trinajstić information content (AvgIpc) is 2.94. The minimum atomic E-state index is -0.863. The molecule has 1 aliphatic rings. The largest absolute Gasteiger partial charge is 0.481 e. The summed E-state index contributed by atoms with van der Waals surface area (Å²) in [7, 11) is 0. The van der Waals surface area contributed by atoms with Gasteiger partial charge in [0.05, 0.1) is 15.8 Å². The quantitative estimate of drug-likeness (QED) is 0.885. The third-order valence-electron chi connectivity index (χ3n) is 3.33. The van der Waals surface area contributed by atoms with Crippen LogP contribution in [0.15, 0.2) is 12.1 Å². The minimum Gasteiger partial charge on any atom is -0.481 e. The van der Waals surface area contributed by atoms with Crippen molar-refractivity contribution in [2.45, 2.75) is 13.8 Å². The molecular weight excluding hydrogens is 280 g/mol. The Bertz CT molecular complexity index is 554. The van der Waals surface area contributed by atoms with Gasteiger partial charge in [0.1, 0.15) is 0 Å². The van der Waals surface area contributed by atoms with Gasteiger partial charge in [-0.25, -0.2) is 0 Å². The fourth-order valence-electron chi connectivity index (χ4n) is 2.30. The van der Waals surface area contributed by atoms with Crippen molar-refractivity contribution in [3.63, 3.8) is 0 Å². The molecule has 1 aromatic rings. The number of carbonyl (C=O) groups excluding carboxylic acids is 2. The predicted octanol–water partition coefficient (Wildman–Crippen LogP) is 1.50. The Morgan fingerprint density at radius 3 is 2.60 bits per heavy atom. The van der Waals surface area contributed by atoms with E-state index >= 15 is 0 Å². The number of carboxylic acids is 1. The van der Waals surface area contributed by atoms with Crippen molar-refractivity contribution in [3.8, 4) is 0 Å². The van der Waals surface area contributed by atoms with Crippen LogP contribution in [0, 0.1) is 11.8 Å². The zero-order chi connectivity index (χ0) is 14.9. The number of nitrogens with zero attached hydrogens (tertiary/aromatic N) is 1. The highest BCUT2D eigenvalue weighted by Gasteiger charge is 2.37. The zero-order valence-electron chi connectivity index (χ0n) is 11.3. The molecule has 1 saturated heterocycles. The van der Waals surface area contributed by atoms with Crippen LogP contribution in [0.25, 0.3) is 0 Å². The van der Waals surface area contributed by atoms with Gasteiger partial charge in [0.2, 0.25) is 5.91 Å². The van der Waals surface area contributed by atoms with E-state index in [9.17, 15) is 14.4 Å². The molecular formula is C13H16N2O4S. The van der Waals surface area contributed by atoms with Crippen LogP contribution in [0.2, 0.25) is 0 Å². The number of hydrogen-bond donors (Lipinski definition) is 2. The first-order chi connectivity index (χ1) is 9.38. The molecule has 0 unspecified atom stereocenters. The first-order valence-corrected chi connectivity index (χ1v) is 7.09. The molecule has 1 fully saturated rings. The smallest absolute Gasteiger partial charge is 0.308 e. The van der Waals surface area contributed by atoms with Crippen LogP contribution in [0.4, 0.5) is 5.00 Å². The number of rotatable bonds is 3. The molecule has 2 N–H and O–H groups in total. The van der Waals surface area contributed by atoms with E-state index in [0.717, 1.165) is 0 Å². The second kappa shape index (κ2) is 5.62. The highest BCUT2D eigenvalue weighted by atomic mass is 32.1. The van der Waals surface area contributed by atoms with E-state index in [1.54, 1.807) is 17.0 Å². The summed E-state index contributed by atoms with van der Waals surface area (Å²) < 4.78 is 0. The fraction of sp³-hybridized carbons (Fsp3) is 0.462. The van der Waals surface area contributed by atoms with Crippen molar-refractivity contribution >= 4 is 34.1 Å². The third kappa shape index (κ3) is 2.98. The number of anilines is 1. The Labute approximate surface area is 120 Å². The van der Waals surface area contributed by atoms with E-state index in [-0.39, 0.29) is 24.3 Å². The third-order valence-corrected chi connectivity index (χ3v) is 4.32. The van der Waals surface area contributed by atoms with Gasteiger partial charge in [-0.15, -0.1) is 11.3 Å². The molecule has 1 aromatic heterocycles. The summed E-state index contributed by atoms with van der Waals surface area (Å²) in [5.41, 5.74) is 0. The summed E-state index contributed by atoms with van der Waals surface area (Å²) in [4.78, 5) is 36.4. The number of likely N-dealkylation sites (tertiary alicyclic amines) is 1. The van der Waals surface area contributed by atoms with Crippen molar-refractivity contribution < 1.29 is 19.5 Å². The highest BCUT2D eigenvalue weighted by Crippen LogP contribution is 2.28. The van der Waals surface area contributed by atoms with Crippen molar-refractivity contribution in [3.05, 3.63) is 17.0 Å². The maximum absolute atomic E-state index is 12.3. The molecule has 0 bridgehead atoms. The molecule has 0 spiro atoms. The van der Waals surface area contributed by atoms with E-state index < -0.39 is 11.9 Å². The number of carbonyl (C=O) groups is 3. The summed E-state index contributed by atoms with van der Waals surface area (Å²) >= 11 is 1.20. The maximum Gasteiger partial charge on any atom is 0.308 e. The standard InChI is InChI=1S/C13H16N2O4S/c1-7-5-15(6-9(7)13(18)19)12(17)10-3-4-11(20-10)14-8(2)16/h3-4,7,9H,5-6H2,1-2H3,(H,14,16)(H,18,19)/t7-,9-/m1/s1. The van der Waals surface area contributed by atoms with Gasteiger partial charge in [0.15, 0.2) is 0 Å². The lowest BCUT2D eigenvalue weighted by molar-refractivity contribution is -0.142. The Morgan fingerprint density at radius 1 is 1.35 bits per heavy atom. The summed E-state index contributed by atoms with van der Waals surface area (Å²) in [5, 5.41) is 12.3. The van der Waals surface area contributed by atoms with E-state index in [4.69, 9.17) is 5.11 Å². The van der Waals surface area contributed by atoms with Crippen LogP contribution in [0.1, 0.15) is 23.5 Å². The Kier molecular flexibility index (Phi) is 4.08. The molecule has 108 valence electrons. The first-order valence-electron chi connectivity index (χ1n) is 6.28. The highest BCUT2D eigenvalue weighted by molar-refractivity contribution is 7.18. The van der Waals surface area contributed by atoms with Crippen LogP contribution in [0.5, 0.6) is 0 Å². The van der Waals surface area contributed by atoms with E-state index in [0.29, 0.717) is 16.4 Å². The van der Waals surface area contributed by atoms with Crippen molar-refractivity contribution in [1.82, 2.24) is 4.90 Å². The number of thiophene rings is 1. The van der Waals surface area contributed by atoms with E-state index in [1.807, 2.05) is 6.92 Å². The molecule has 0 saturated carbocycles. The van der Waals surface area contributed by atoms with Crippen LogP contribution >= 0.6 is 11.3 Å². The maximum atomic E-state index is 12.3. The van der Waals surface area contributed by atoms with Gasteiger partial charge in [-0.1, -0.05) is 6.92 Å². The van der Waals surface area contributed by atoms with E-state index in [2.05, 4.69) is 5.32 Å². The van der Waals surface area contributed by atoms with E-state index in [1.165, 1.54) is 18.3 Å². The van der Waals surface area contributed by atoms with Crippen molar-refractivity contribution in [1.29, 1.82) is 0 Å². The lowest BCUT2D eigenvalue weighted by atomic mass is 9.99. The minimum absolute atomic E-state index is 0.0498. The Balaban J connectivity index is 2.07. The number of carboxylic acid groups (broad SMARTS) is 1. The number of aliphatic carboxylic acids is 1. The molecule has 0 aromatic carbocycles. The first kappa shape index (κ1) is 14.5. The predicted molar refractivity (Wildman–Crippen MR) is 74.8 cm³/mol. The van der Waals surface area contributed by atoms with Crippen LogP contribution < -0.4 is 5.32 Å². The SMILES string of the molecule is CC(=O)Nc1ccc(C(=O)N2C[C@@H](C)[C@H](C(=O)O)C2)s1. The molecule has 2 heterocycles. The second-order valence-electron chi connectivity index (χ2n) is 4.98. The molecule has 2 atom stereocenters. The molecule has 0 radical (unpaired) electrons. The van der Waals surface area contributed by atoms with Gasteiger partial charge < -0.3 is 15.3 Å². The summed E-state index contributed by atoms with van der Waals surface area (Å²) in [6.07, 6.45) is 0. The second-order valence-corrected chi connectivity index (χ2v) is 6.06. The molecule has 1 aliphatic heterocycles. The van der Waals surface area contributed by atoms with Crippen molar-refractivity contribution in [2.24, 2.45) is 11.8 Å². The molecule has 2 rings (SSSR count). The molecule has 0 aliphatic carbocycles.